The van der Waals surface area contributed by atoms with Crippen LogP contribution < -0.4 is 16.4 Å². The molecule has 6 heteroatoms. The summed E-state index contributed by atoms with van der Waals surface area (Å²) in [7, 11) is 1.57. The number of nitrogens with one attached hydrogen (secondary N) is 2. The molecule has 0 aliphatic heterocycles. The summed E-state index contributed by atoms with van der Waals surface area (Å²) in [6, 6.07) is 10.1. The van der Waals surface area contributed by atoms with E-state index in [1.54, 1.807) is 43.4 Å². The van der Waals surface area contributed by atoms with E-state index in [0.29, 0.717) is 32.7 Å². The molecule has 2 aromatic carbocycles. The summed E-state index contributed by atoms with van der Waals surface area (Å²) in [6.07, 6.45) is 0. The number of benzene rings is 2. The molecule has 4 nitrogen and oxygen atoms in total. The number of hydrogen-bond acceptors (Lipinski definition) is 3. The van der Waals surface area contributed by atoms with E-state index in [1.165, 1.54) is 0 Å². The van der Waals surface area contributed by atoms with E-state index in [0.717, 1.165) is 0 Å². The Morgan fingerprint density at radius 3 is 2.50 bits per heavy atom. The van der Waals surface area contributed by atoms with Gasteiger partial charge in [-0.05, 0) is 36.4 Å². The van der Waals surface area contributed by atoms with Crippen LogP contribution in [0.4, 0.5) is 17.1 Å². The van der Waals surface area contributed by atoms with Crippen molar-refractivity contribution in [2.75, 3.05) is 18.1 Å². The summed E-state index contributed by atoms with van der Waals surface area (Å²) in [5, 5.41) is 6.67. The van der Waals surface area contributed by atoms with Gasteiger partial charge in [0.05, 0.1) is 22.1 Å². The number of amides is 1. The summed E-state index contributed by atoms with van der Waals surface area (Å²) in [5.41, 5.74) is 8.19. The third-order valence-corrected chi connectivity index (χ3v) is 3.29. The molecule has 0 heterocycles. The normalized spacial score (nSPS) is 10.2. The lowest BCUT2D eigenvalue weighted by molar-refractivity contribution is 0.0963. The van der Waals surface area contributed by atoms with Crippen LogP contribution in [0.25, 0.3) is 0 Å². The fraction of sp³-hybridized carbons (Fsp3) is 0.0714. The summed E-state index contributed by atoms with van der Waals surface area (Å²) in [6.45, 7) is 0. The largest absolute Gasteiger partial charge is 0.397 e. The van der Waals surface area contributed by atoms with Gasteiger partial charge >= 0.3 is 0 Å². The predicted molar refractivity (Wildman–Crippen MR) is 84.0 cm³/mol. The lowest BCUT2D eigenvalue weighted by atomic mass is 10.1. The van der Waals surface area contributed by atoms with E-state index >= 15 is 0 Å². The van der Waals surface area contributed by atoms with Crippen molar-refractivity contribution >= 4 is 46.2 Å². The molecular formula is C14H13Cl2N3O. The number of nitrogen functional groups attached to an aromatic ring is 1. The molecule has 104 valence electrons. The van der Waals surface area contributed by atoms with Gasteiger partial charge in [0.15, 0.2) is 0 Å². The van der Waals surface area contributed by atoms with Gasteiger partial charge in [0.2, 0.25) is 0 Å². The maximum Gasteiger partial charge on any atom is 0.251 e. The third-order valence-electron chi connectivity index (χ3n) is 2.74. The van der Waals surface area contributed by atoms with Crippen molar-refractivity contribution in [3.63, 3.8) is 0 Å². The Hall–Kier alpha value is -1.91. The SMILES string of the molecule is CNC(=O)c1ccc(N)c(Nc2ccc(Cl)cc2Cl)c1. The Labute approximate surface area is 126 Å². The molecule has 0 aliphatic carbocycles. The minimum Gasteiger partial charge on any atom is -0.397 e. The quantitative estimate of drug-likeness (QED) is 0.758. The molecule has 2 aromatic rings. The van der Waals surface area contributed by atoms with Crippen LogP contribution >= 0.6 is 23.2 Å². The van der Waals surface area contributed by atoms with E-state index in [-0.39, 0.29) is 5.91 Å². The number of hydrogen-bond donors (Lipinski definition) is 3. The van der Waals surface area contributed by atoms with Crippen LogP contribution in [-0.2, 0) is 0 Å². The van der Waals surface area contributed by atoms with Crippen molar-refractivity contribution in [3.8, 4) is 0 Å². The zero-order valence-electron chi connectivity index (χ0n) is 10.7. The molecule has 20 heavy (non-hydrogen) atoms. The summed E-state index contributed by atoms with van der Waals surface area (Å²) in [5.74, 6) is -0.185. The van der Waals surface area contributed by atoms with Crippen molar-refractivity contribution < 1.29 is 4.79 Å². The summed E-state index contributed by atoms with van der Waals surface area (Å²) in [4.78, 5) is 11.6. The molecule has 0 fully saturated rings. The second-order valence-electron chi connectivity index (χ2n) is 4.13. The Balaban J connectivity index is 2.35. The zero-order chi connectivity index (χ0) is 14.7. The number of anilines is 3. The first kappa shape index (κ1) is 14.5. The molecule has 0 aromatic heterocycles. The molecule has 0 bridgehead atoms. The molecule has 0 atom stereocenters. The van der Waals surface area contributed by atoms with Crippen LogP contribution in [0.2, 0.25) is 10.0 Å². The van der Waals surface area contributed by atoms with Gasteiger partial charge in [-0.25, -0.2) is 0 Å². The molecule has 0 unspecified atom stereocenters. The summed E-state index contributed by atoms with van der Waals surface area (Å²) < 4.78 is 0. The standard InChI is InChI=1S/C14H13Cl2N3O/c1-18-14(20)8-2-4-11(17)13(6-8)19-12-5-3-9(15)7-10(12)16/h2-7,19H,17H2,1H3,(H,18,20). The average Bonchev–Trinajstić information content (AvgIpc) is 2.43. The minimum atomic E-state index is -0.185. The van der Waals surface area contributed by atoms with Gasteiger partial charge in [-0.3, -0.25) is 4.79 Å². The fourth-order valence-corrected chi connectivity index (χ4v) is 2.14. The number of nitrogens with two attached hydrogens (primary N) is 1. The molecule has 0 saturated carbocycles. The molecular weight excluding hydrogens is 297 g/mol. The fourth-order valence-electron chi connectivity index (χ4n) is 1.69. The number of carbonyl (C=O) groups is 1. The van der Waals surface area contributed by atoms with E-state index in [4.69, 9.17) is 28.9 Å². The molecule has 2 rings (SSSR count). The molecule has 0 radical (unpaired) electrons. The molecule has 4 N–H and O–H groups in total. The maximum atomic E-state index is 11.6. The van der Waals surface area contributed by atoms with E-state index in [9.17, 15) is 4.79 Å². The van der Waals surface area contributed by atoms with Gasteiger partial charge in [-0.2, -0.15) is 0 Å². The summed E-state index contributed by atoms with van der Waals surface area (Å²) >= 11 is 11.9. The molecule has 1 amide bonds. The topological polar surface area (TPSA) is 67.2 Å². The van der Waals surface area contributed by atoms with Gasteiger partial charge in [0, 0.05) is 17.6 Å². The van der Waals surface area contributed by atoms with Gasteiger partial charge < -0.3 is 16.4 Å². The van der Waals surface area contributed by atoms with Crippen LogP contribution in [0.5, 0.6) is 0 Å². The first-order valence-corrected chi connectivity index (χ1v) is 6.60. The lowest BCUT2D eigenvalue weighted by Crippen LogP contribution is -2.18. The van der Waals surface area contributed by atoms with Crippen molar-refractivity contribution in [2.45, 2.75) is 0 Å². The number of carbonyl (C=O) groups excluding carboxylic acids is 1. The Bertz CT molecular complexity index is 659. The lowest BCUT2D eigenvalue weighted by Gasteiger charge is -2.12. The van der Waals surface area contributed by atoms with Crippen molar-refractivity contribution in [1.82, 2.24) is 5.32 Å². The smallest absolute Gasteiger partial charge is 0.251 e. The first-order chi connectivity index (χ1) is 9.51. The number of halogens is 2. The first-order valence-electron chi connectivity index (χ1n) is 5.85. The Morgan fingerprint density at radius 2 is 1.85 bits per heavy atom. The van der Waals surface area contributed by atoms with E-state index < -0.39 is 0 Å². The monoisotopic (exact) mass is 309 g/mol. The van der Waals surface area contributed by atoms with E-state index in [2.05, 4.69) is 10.6 Å². The second-order valence-corrected chi connectivity index (χ2v) is 4.97. The highest BCUT2D eigenvalue weighted by atomic mass is 35.5. The van der Waals surface area contributed by atoms with Gasteiger partial charge in [0.1, 0.15) is 0 Å². The third kappa shape index (κ3) is 3.15. The molecule has 0 aliphatic rings. The predicted octanol–water partition coefficient (Wildman–Crippen LogP) is 3.68. The highest BCUT2D eigenvalue weighted by Gasteiger charge is 2.08. The highest BCUT2D eigenvalue weighted by molar-refractivity contribution is 6.36. The minimum absolute atomic E-state index is 0.185. The van der Waals surface area contributed by atoms with Crippen molar-refractivity contribution in [1.29, 1.82) is 0 Å². The average molecular weight is 310 g/mol. The highest BCUT2D eigenvalue weighted by Crippen LogP contribution is 2.31. The van der Waals surface area contributed by atoms with Crippen LogP contribution in [0.15, 0.2) is 36.4 Å². The van der Waals surface area contributed by atoms with E-state index in [1.807, 2.05) is 0 Å². The Morgan fingerprint density at radius 1 is 1.10 bits per heavy atom. The molecule has 0 saturated heterocycles. The van der Waals surface area contributed by atoms with Crippen LogP contribution in [-0.4, -0.2) is 13.0 Å². The van der Waals surface area contributed by atoms with Gasteiger partial charge in [-0.1, -0.05) is 23.2 Å². The molecule has 0 spiro atoms. The van der Waals surface area contributed by atoms with Crippen molar-refractivity contribution in [3.05, 3.63) is 52.0 Å². The van der Waals surface area contributed by atoms with Crippen LogP contribution in [0.1, 0.15) is 10.4 Å². The zero-order valence-corrected chi connectivity index (χ0v) is 12.2. The van der Waals surface area contributed by atoms with Gasteiger partial charge in [-0.15, -0.1) is 0 Å². The van der Waals surface area contributed by atoms with Gasteiger partial charge in [0.25, 0.3) is 5.91 Å². The Kier molecular flexibility index (Phi) is 4.37. The van der Waals surface area contributed by atoms with Crippen LogP contribution in [0.3, 0.4) is 0 Å². The van der Waals surface area contributed by atoms with Crippen molar-refractivity contribution in [2.24, 2.45) is 0 Å². The second kappa shape index (κ2) is 6.03. The number of rotatable bonds is 3. The van der Waals surface area contributed by atoms with Crippen LogP contribution in [0, 0.1) is 0 Å². The maximum absolute atomic E-state index is 11.6.